The van der Waals surface area contributed by atoms with Crippen LogP contribution < -0.4 is 10.1 Å². The first kappa shape index (κ1) is 19.8. The van der Waals surface area contributed by atoms with E-state index in [0.717, 1.165) is 18.6 Å². The molecule has 0 fully saturated rings. The van der Waals surface area contributed by atoms with Gasteiger partial charge in [0.15, 0.2) is 0 Å². The normalized spacial score (nSPS) is 14.2. The van der Waals surface area contributed by atoms with Crippen LogP contribution in [0, 0.1) is 0 Å². The molecular weight excluding hydrogens is 336 g/mol. The Hall–Kier alpha value is -2.54. The standard InChI is InChI=1S/C19H26N2O5/c1-4-14(5-2)26-15-8-6-13(7-9-15)20-17-16(19(24)25-3)12-21(10-11-22)18(17)23/h6-9,14,20,22H,4-5,10-12H2,1-3H3. The third kappa shape index (κ3) is 4.54. The zero-order valence-electron chi connectivity index (χ0n) is 15.4. The average Bonchev–Trinajstić information content (AvgIpc) is 2.96. The van der Waals surface area contributed by atoms with Gasteiger partial charge in [-0.1, -0.05) is 13.8 Å². The van der Waals surface area contributed by atoms with E-state index in [9.17, 15) is 9.59 Å². The lowest BCUT2D eigenvalue weighted by Crippen LogP contribution is -2.31. The topological polar surface area (TPSA) is 88.1 Å². The van der Waals surface area contributed by atoms with Gasteiger partial charge in [-0.2, -0.15) is 0 Å². The number of methoxy groups -OCH3 is 1. The van der Waals surface area contributed by atoms with Crippen molar-refractivity contribution in [2.75, 3.05) is 32.1 Å². The smallest absolute Gasteiger partial charge is 0.337 e. The van der Waals surface area contributed by atoms with E-state index in [0.29, 0.717) is 5.69 Å². The average molecular weight is 362 g/mol. The summed E-state index contributed by atoms with van der Waals surface area (Å²) in [7, 11) is 1.27. The Morgan fingerprint density at radius 2 is 1.92 bits per heavy atom. The lowest BCUT2D eigenvalue weighted by molar-refractivity contribution is -0.136. The summed E-state index contributed by atoms with van der Waals surface area (Å²) in [6.45, 7) is 4.26. The maximum atomic E-state index is 12.5. The van der Waals surface area contributed by atoms with E-state index in [-0.39, 0.29) is 43.0 Å². The number of β-amino-alcohol motifs (C(OH)–C–C–N with tert-alkyl or cyclic N) is 1. The molecule has 0 aromatic heterocycles. The molecule has 2 N–H and O–H groups in total. The van der Waals surface area contributed by atoms with Crippen LogP contribution in [0.2, 0.25) is 0 Å². The lowest BCUT2D eigenvalue weighted by atomic mass is 10.2. The second-order valence-corrected chi connectivity index (χ2v) is 6.00. The SMILES string of the molecule is CCC(CC)Oc1ccc(NC2=C(C(=O)OC)CN(CCO)C2=O)cc1. The first-order valence-corrected chi connectivity index (χ1v) is 8.79. The van der Waals surface area contributed by atoms with E-state index in [4.69, 9.17) is 14.6 Å². The van der Waals surface area contributed by atoms with E-state index < -0.39 is 5.97 Å². The minimum absolute atomic E-state index is 0.115. The molecule has 1 aromatic carbocycles. The Balaban J connectivity index is 2.16. The van der Waals surface area contributed by atoms with Crippen molar-refractivity contribution in [3.8, 4) is 5.75 Å². The van der Waals surface area contributed by atoms with Crippen molar-refractivity contribution in [1.29, 1.82) is 0 Å². The van der Waals surface area contributed by atoms with Gasteiger partial charge in [-0.25, -0.2) is 4.79 Å². The molecule has 142 valence electrons. The van der Waals surface area contributed by atoms with E-state index in [1.165, 1.54) is 12.0 Å². The summed E-state index contributed by atoms with van der Waals surface area (Å²) in [5.41, 5.74) is 1.10. The third-order valence-electron chi connectivity index (χ3n) is 4.29. The summed E-state index contributed by atoms with van der Waals surface area (Å²) >= 11 is 0. The number of anilines is 1. The van der Waals surface area contributed by atoms with Crippen LogP contribution in [-0.2, 0) is 14.3 Å². The molecule has 7 heteroatoms. The number of carbonyl (C=O) groups is 2. The quantitative estimate of drug-likeness (QED) is 0.653. The van der Waals surface area contributed by atoms with Gasteiger partial charge >= 0.3 is 5.97 Å². The van der Waals surface area contributed by atoms with Gasteiger partial charge in [-0.3, -0.25) is 4.79 Å². The van der Waals surface area contributed by atoms with Gasteiger partial charge in [-0.15, -0.1) is 0 Å². The number of carbonyl (C=O) groups excluding carboxylic acids is 2. The predicted molar refractivity (Wildman–Crippen MR) is 97.8 cm³/mol. The Morgan fingerprint density at radius 3 is 2.46 bits per heavy atom. The van der Waals surface area contributed by atoms with Crippen LogP contribution in [0.4, 0.5) is 5.69 Å². The van der Waals surface area contributed by atoms with Gasteiger partial charge < -0.3 is 24.8 Å². The number of aliphatic hydroxyl groups is 1. The second-order valence-electron chi connectivity index (χ2n) is 6.00. The molecule has 0 radical (unpaired) electrons. The molecule has 26 heavy (non-hydrogen) atoms. The van der Waals surface area contributed by atoms with Gasteiger partial charge in [0, 0.05) is 12.2 Å². The molecule has 1 aliphatic rings. The van der Waals surface area contributed by atoms with Crippen molar-refractivity contribution >= 4 is 17.6 Å². The zero-order valence-corrected chi connectivity index (χ0v) is 15.4. The van der Waals surface area contributed by atoms with Crippen molar-refractivity contribution in [2.24, 2.45) is 0 Å². The molecule has 0 aliphatic carbocycles. The highest BCUT2D eigenvalue weighted by atomic mass is 16.5. The zero-order chi connectivity index (χ0) is 19.1. The molecule has 1 amide bonds. The predicted octanol–water partition coefficient (Wildman–Crippen LogP) is 1.93. The number of aliphatic hydroxyl groups excluding tert-OH is 1. The van der Waals surface area contributed by atoms with Gasteiger partial charge in [-0.05, 0) is 37.1 Å². The number of nitrogens with one attached hydrogen (secondary N) is 1. The highest BCUT2D eigenvalue weighted by Crippen LogP contribution is 2.24. The summed E-state index contributed by atoms with van der Waals surface area (Å²) in [4.78, 5) is 25.9. The van der Waals surface area contributed by atoms with E-state index >= 15 is 0 Å². The van der Waals surface area contributed by atoms with Gasteiger partial charge in [0.1, 0.15) is 11.4 Å². The number of nitrogens with zero attached hydrogens (tertiary/aromatic N) is 1. The van der Waals surface area contributed by atoms with Crippen LogP contribution in [0.25, 0.3) is 0 Å². The number of rotatable bonds is 9. The Kier molecular flexibility index (Phi) is 7.03. The minimum Gasteiger partial charge on any atom is -0.490 e. The van der Waals surface area contributed by atoms with Crippen molar-refractivity contribution in [3.63, 3.8) is 0 Å². The highest BCUT2D eigenvalue weighted by molar-refractivity contribution is 6.08. The Bertz CT molecular complexity index is 665. The third-order valence-corrected chi connectivity index (χ3v) is 4.29. The van der Waals surface area contributed by atoms with Crippen molar-refractivity contribution in [1.82, 2.24) is 4.90 Å². The maximum Gasteiger partial charge on any atom is 0.337 e. The fourth-order valence-corrected chi connectivity index (χ4v) is 2.76. The Morgan fingerprint density at radius 1 is 1.27 bits per heavy atom. The first-order valence-electron chi connectivity index (χ1n) is 8.79. The lowest BCUT2D eigenvalue weighted by Gasteiger charge is -2.16. The number of benzene rings is 1. The molecule has 0 saturated heterocycles. The maximum absolute atomic E-state index is 12.5. The summed E-state index contributed by atoms with van der Waals surface area (Å²) in [6, 6.07) is 7.23. The van der Waals surface area contributed by atoms with E-state index in [1.54, 1.807) is 12.1 Å². The van der Waals surface area contributed by atoms with Gasteiger partial charge in [0.25, 0.3) is 5.91 Å². The molecule has 2 rings (SSSR count). The van der Waals surface area contributed by atoms with Crippen LogP contribution in [0.15, 0.2) is 35.5 Å². The molecule has 0 spiro atoms. The summed E-state index contributed by atoms with van der Waals surface area (Å²) < 4.78 is 10.6. The fraction of sp³-hybridized carbons (Fsp3) is 0.474. The first-order chi connectivity index (χ1) is 12.5. The highest BCUT2D eigenvalue weighted by Gasteiger charge is 2.34. The van der Waals surface area contributed by atoms with Gasteiger partial charge in [0.05, 0.1) is 31.9 Å². The summed E-state index contributed by atoms with van der Waals surface area (Å²) in [6.07, 6.45) is 2.04. The van der Waals surface area contributed by atoms with E-state index in [1.807, 2.05) is 12.1 Å². The molecule has 0 atom stereocenters. The monoisotopic (exact) mass is 362 g/mol. The summed E-state index contributed by atoms with van der Waals surface area (Å²) in [5.74, 6) is -0.141. The molecule has 0 unspecified atom stereocenters. The van der Waals surface area contributed by atoms with Crippen LogP contribution in [-0.4, -0.2) is 54.8 Å². The molecule has 1 aliphatic heterocycles. The number of amides is 1. The molecule has 7 nitrogen and oxygen atoms in total. The number of hydrogen-bond acceptors (Lipinski definition) is 6. The Labute approximate surface area is 153 Å². The van der Waals surface area contributed by atoms with Crippen molar-refractivity contribution in [3.05, 3.63) is 35.5 Å². The number of ether oxygens (including phenoxy) is 2. The van der Waals surface area contributed by atoms with Crippen LogP contribution in [0.1, 0.15) is 26.7 Å². The second kappa shape index (κ2) is 9.24. The van der Waals surface area contributed by atoms with Crippen molar-refractivity contribution in [2.45, 2.75) is 32.8 Å². The fourth-order valence-electron chi connectivity index (χ4n) is 2.76. The van der Waals surface area contributed by atoms with E-state index in [2.05, 4.69) is 19.2 Å². The van der Waals surface area contributed by atoms with Crippen LogP contribution in [0.3, 0.4) is 0 Å². The molecule has 1 aromatic rings. The summed E-state index contributed by atoms with van der Waals surface area (Å²) in [5, 5.41) is 12.1. The minimum atomic E-state index is -0.560. The number of esters is 1. The largest absolute Gasteiger partial charge is 0.490 e. The molecule has 0 saturated carbocycles. The van der Waals surface area contributed by atoms with Gasteiger partial charge in [0.2, 0.25) is 0 Å². The van der Waals surface area contributed by atoms with Crippen molar-refractivity contribution < 1.29 is 24.2 Å². The van der Waals surface area contributed by atoms with Crippen LogP contribution in [0.5, 0.6) is 5.75 Å². The molecular formula is C19H26N2O5. The molecule has 1 heterocycles. The molecule has 0 bridgehead atoms. The number of hydrogen-bond donors (Lipinski definition) is 2. The van der Waals surface area contributed by atoms with Crippen LogP contribution >= 0.6 is 0 Å².